The molecule has 0 aromatic heterocycles. The van der Waals surface area contributed by atoms with Gasteiger partial charge < -0.3 is 0 Å². The van der Waals surface area contributed by atoms with E-state index >= 15 is 0 Å². The molecule has 1 amide bonds. The summed E-state index contributed by atoms with van der Waals surface area (Å²) >= 11 is 0. The van der Waals surface area contributed by atoms with E-state index in [0.717, 1.165) is 0 Å². The molecule has 2 nitrogen and oxygen atoms in total. The van der Waals surface area contributed by atoms with Crippen LogP contribution >= 0.6 is 0 Å². The standard InChI is InChI=1S/C5H3F2NO/c6-3-1-5(9)8-2-4(3)7/h1-2,4H. The fourth-order valence-electron chi connectivity index (χ4n) is 0.445. The number of halogens is 2. The normalized spacial score (nSPS) is 26.2. The molecule has 1 heterocycles. The van der Waals surface area contributed by atoms with Crippen molar-refractivity contribution in [3.05, 3.63) is 11.9 Å². The molecule has 0 spiro atoms. The summed E-state index contributed by atoms with van der Waals surface area (Å²) in [5.74, 6) is -1.82. The van der Waals surface area contributed by atoms with Crippen LogP contribution in [0.4, 0.5) is 8.78 Å². The molecule has 0 aromatic rings. The number of dihydropyridines is 1. The van der Waals surface area contributed by atoms with Crippen LogP contribution in [0.1, 0.15) is 0 Å². The number of carbonyl (C=O) groups excluding carboxylic acids is 1. The highest BCUT2D eigenvalue weighted by molar-refractivity contribution is 5.98. The minimum Gasteiger partial charge on any atom is -0.267 e. The first-order valence-corrected chi connectivity index (χ1v) is 2.29. The first-order chi connectivity index (χ1) is 4.20. The summed E-state index contributed by atoms with van der Waals surface area (Å²) in [7, 11) is 0. The van der Waals surface area contributed by atoms with E-state index in [0.29, 0.717) is 12.3 Å². The van der Waals surface area contributed by atoms with Gasteiger partial charge in [-0.25, -0.2) is 13.8 Å². The Hall–Kier alpha value is -1.06. The molecule has 0 aliphatic carbocycles. The van der Waals surface area contributed by atoms with E-state index in [1.165, 1.54) is 0 Å². The Morgan fingerprint density at radius 1 is 1.67 bits per heavy atom. The van der Waals surface area contributed by atoms with Gasteiger partial charge in [-0.2, -0.15) is 0 Å². The van der Waals surface area contributed by atoms with Gasteiger partial charge in [0.1, 0.15) is 5.83 Å². The van der Waals surface area contributed by atoms with E-state index in [2.05, 4.69) is 4.99 Å². The van der Waals surface area contributed by atoms with Crippen molar-refractivity contribution in [3.63, 3.8) is 0 Å². The number of carbonyl (C=O) groups is 1. The molecule has 1 aliphatic rings. The van der Waals surface area contributed by atoms with Crippen LogP contribution in [0, 0.1) is 0 Å². The summed E-state index contributed by atoms with van der Waals surface area (Å²) in [4.78, 5) is 13.1. The lowest BCUT2D eigenvalue weighted by Crippen LogP contribution is -2.10. The minimum atomic E-state index is -1.83. The number of allylic oxidation sites excluding steroid dienone is 1. The predicted molar refractivity (Wildman–Crippen MR) is 27.6 cm³/mol. The second-order valence-corrected chi connectivity index (χ2v) is 1.55. The van der Waals surface area contributed by atoms with Crippen LogP contribution in [0.3, 0.4) is 0 Å². The number of rotatable bonds is 0. The van der Waals surface area contributed by atoms with Gasteiger partial charge in [-0.15, -0.1) is 0 Å². The number of hydrogen-bond acceptors (Lipinski definition) is 1. The van der Waals surface area contributed by atoms with Crippen LogP contribution in [0.15, 0.2) is 16.9 Å². The maximum Gasteiger partial charge on any atom is 0.272 e. The molecule has 0 fully saturated rings. The number of nitrogens with zero attached hydrogens (tertiary/aromatic N) is 1. The predicted octanol–water partition coefficient (Wildman–Crippen LogP) is 0.789. The van der Waals surface area contributed by atoms with Crippen molar-refractivity contribution in [1.82, 2.24) is 0 Å². The van der Waals surface area contributed by atoms with Crippen LogP contribution in [0.5, 0.6) is 0 Å². The Morgan fingerprint density at radius 2 is 2.33 bits per heavy atom. The second-order valence-electron chi connectivity index (χ2n) is 1.55. The van der Waals surface area contributed by atoms with Crippen molar-refractivity contribution in [2.24, 2.45) is 4.99 Å². The Balaban J connectivity index is 2.82. The summed E-state index contributed by atoms with van der Waals surface area (Å²) in [6, 6.07) is 0. The van der Waals surface area contributed by atoms with Crippen molar-refractivity contribution in [2.45, 2.75) is 6.17 Å². The monoisotopic (exact) mass is 131 g/mol. The molecule has 0 saturated carbocycles. The number of hydrogen-bond donors (Lipinski definition) is 0. The average molecular weight is 131 g/mol. The zero-order chi connectivity index (χ0) is 6.85. The molecule has 1 aliphatic heterocycles. The average Bonchev–Trinajstić information content (AvgIpc) is 1.80. The maximum absolute atomic E-state index is 12.0. The third kappa shape index (κ3) is 1.19. The molecular weight excluding hydrogens is 128 g/mol. The molecule has 1 unspecified atom stereocenters. The third-order valence-corrected chi connectivity index (χ3v) is 0.857. The fraction of sp³-hybridized carbons (Fsp3) is 0.200. The first-order valence-electron chi connectivity index (χ1n) is 2.29. The highest BCUT2D eigenvalue weighted by Gasteiger charge is 2.15. The van der Waals surface area contributed by atoms with Gasteiger partial charge in [0.15, 0.2) is 6.17 Å². The van der Waals surface area contributed by atoms with E-state index < -0.39 is 17.9 Å². The summed E-state index contributed by atoms with van der Waals surface area (Å²) in [5.41, 5.74) is 0. The lowest BCUT2D eigenvalue weighted by Gasteiger charge is -2.00. The highest BCUT2D eigenvalue weighted by Crippen LogP contribution is 2.09. The van der Waals surface area contributed by atoms with Gasteiger partial charge in [0.05, 0.1) is 0 Å². The summed E-state index contributed by atoms with van der Waals surface area (Å²) in [6.45, 7) is 0. The molecule has 0 bridgehead atoms. The van der Waals surface area contributed by atoms with E-state index in [-0.39, 0.29) is 0 Å². The van der Waals surface area contributed by atoms with E-state index in [1.807, 2.05) is 0 Å². The molecule has 0 aromatic carbocycles. The van der Waals surface area contributed by atoms with E-state index in [1.54, 1.807) is 0 Å². The molecule has 0 N–H and O–H groups in total. The zero-order valence-electron chi connectivity index (χ0n) is 4.34. The molecule has 1 atom stereocenters. The molecule has 4 heteroatoms. The first kappa shape index (κ1) is 6.07. The van der Waals surface area contributed by atoms with Crippen LogP contribution < -0.4 is 0 Å². The molecule has 0 saturated heterocycles. The molecule has 48 valence electrons. The van der Waals surface area contributed by atoms with Crippen molar-refractivity contribution in [2.75, 3.05) is 0 Å². The minimum absolute atomic E-state index is 0.532. The Morgan fingerprint density at radius 3 is 2.78 bits per heavy atom. The SMILES string of the molecule is O=C1C=C(F)C(F)C=N1. The Kier molecular flexibility index (Phi) is 1.38. The quantitative estimate of drug-likeness (QED) is 0.477. The smallest absolute Gasteiger partial charge is 0.267 e. The largest absolute Gasteiger partial charge is 0.272 e. The van der Waals surface area contributed by atoms with Crippen molar-refractivity contribution >= 4 is 12.1 Å². The zero-order valence-corrected chi connectivity index (χ0v) is 4.34. The molecule has 1 rings (SSSR count). The van der Waals surface area contributed by atoms with Gasteiger partial charge in [0.2, 0.25) is 0 Å². The van der Waals surface area contributed by atoms with Gasteiger partial charge >= 0.3 is 0 Å². The molecule has 9 heavy (non-hydrogen) atoms. The lowest BCUT2D eigenvalue weighted by atomic mass is 10.3. The van der Waals surface area contributed by atoms with Gasteiger partial charge in [-0.05, 0) is 0 Å². The van der Waals surface area contributed by atoms with E-state index in [4.69, 9.17) is 0 Å². The fourth-order valence-corrected chi connectivity index (χ4v) is 0.445. The molecular formula is C5H3F2NO. The topological polar surface area (TPSA) is 29.4 Å². The summed E-state index contributed by atoms with van der Waals surface area (Å²) in [6.07, 6.45) is -0.662. The van der Waals surface area contributed by atoms with Gasteiger partial charge in [-0.3, -0.25) is 4.79 Å². The number of amides is 1. The maximum atomic E-state index is 12.0. The van der Waals surface area contributed by atoms with Crippen molar-refractivity contribution in [3.8, 4) is 0 Å². The number of alkyl halides is 1. The highest BCUT2D eigenvalue weighted by atomic mass is 19.2. The third-order valence-electron chi connectivity index (χ3n) is 0.857. The Labute approximate surface area is 49.9 Å². The number of aliphatic imine (C=N–C) groups is 1. The van der Waals surface area contributed by atoms with Gasteiger partial charge in [-0.1, -0.05) is 0 Å². The van der Waals surface area contributed by atoms with Crippen LogP contribution in [-0.2, 0) is 4.79 Å². The molecule has 0 radical (unpaired) electrons. The summed E-state index contributed by atoms with van der Waals surface area (Å²) in [5, 5.41) is 0. The van der Waals surface area contributed by atoms with Gasteiger partial charge in [0.25, 0.3) is 5.91 Å². The van der Waals surface area contributed by atoms with Crippen molar-refractivity contribution < 1.29 is 13.6 Å². The van der Waals surface area contributed by atoms with E-state index in [9.17, 15) is 13.6 Å². The van der Waals surface area contributed by atoms with Crippen LogP contribution in [0.2, 0.25) is 0 Å². The summed E-state index contributed by atoms with van der Waals surface area (Å²) < 4.78 is 24.0. The van der Waals surface area contributed by atoms with Crippen molar-refractivity contribution in [1.29, 1.82) is 0 Å². The van der Waals surface area contributed by atoms with Crippen LogP contribution in [-0.4, -0.2) is 18.3 Å². The Bertz CT molecular complexity index is 197. The van der Waals surface area contributed by atoms with Gasteiger partial charge in [0, 0.05) is 12.3 Å². The van der Waals surface area contributed by atoms with Crippen LogP contribution in [0.25, 0.3) is 0 Å². The lowest BCUT2D eigenvalue weighted by molar-refractivity contribution is -0.113. The second kappa shape index (κ2) is 2.05.